The predicted molar refractivity (Wildman–Crippen MR) is 49.5 cm³/mol. The van der Waals surface area contributed by atoms with Gasteiger partial charge in [-0.1, -0.05) is 19.9 Å². The maximum absolute atomic E-state index is 10.9. The van der Waals surface area contributed by atoms with Crippen LogP contribution >= 0.6 is 0 Å². The molecule has 0 saturated carbocycles. The van der Waals surface area contributed by atoms with Crippen LogP contribution in [0.5, 0.6) is 0 Å². The minimum atomic E-state index is -0.789. The van der Waals surface area contributed by atoms with Crippen molar-refractivity contribution in [2.24, 2.45) is 5.92 Å². The van der Waals surface area contributed by atoms with Gasteiger partial charge in [0.2, 0.25) is 0 Å². The molecule has 0 fully saturated rings. The lowest BCUT2D eigenvalue weighted by Crippen LogP contribution is -2.17. The summed E-state index contributed by atoms with van der Waals surface area (Å²) in [7, 11) is 0. The van der Waals surface area contributed by atoms with Crippen molar-refractivity contribution in [1.82, 2.24) is 4.98 Å². The van der Waals surface area contributed by atoms with E-state index in [1.165, 1.54) is 0 Å². The molecular weight excluding hydrogens is 166 g/mol. The van der Waals surface area contributed by atoms with Gasteiger partial charge in [-0.25, -0.2) is 0 Å². The van der Waals surface area contributed by atoms with Crippen LogP contribution in [0.2, 0.25) is 0 Å². The van der Waals surface area contributed by atoms with Crippen molar-refractivity contribution in [3.63, 3.8) is 0 Å². The van der Waals surface area contributed by atoms with Crippen LogP contribution in [-0.4, -0.2) is 16.1 Å². The highest BCUT2D eigenvalue weighted by Gasteiger charge is 2.23. The zero-order chi connectivity index (χ0) is 9.84. The highest BCUT2D eigenvalue weighted by molar-refractivity contribution is 5.76. The molecule has 0 spiro atoms. The number of aromatic nitrogens is 1. The molecule has 1 aromatic rings. The molecule has 3 heteroatoms. The van der Waals surface area contributed by atoms with Gasteiger partial charge in [-0.2, -0.15) is 0 Å². The Morgan fingerprint density at radius 2 is 2.23 bits per heavy atom. The summed E-state index contributed by atoms with van der Waals surface area (Å²) in [6, 6.07) is 3.56. The number of pyridine rings is 1. The van der Waals surface area contributed by atoms with E-state index in [1.807, 2.05) is 13.8 Å². The summed E-state index contributed by atoms with van der Waals surface area (Å²) in [5, 5.41) is 8.97. The molecule has 0 aliphatic rings. The first kappa shape index (κ1) is 9.71. The van der Waals surface area contributed by atoms with Crippen molar-refractivity contribution in [1.29, 1.82) is 0 Å². The van der Waals surface area contributed by atoms with Crippen molar-refractivity contribution in [3.8, 4) is 0 Å². The number of hydrogen-bond acceptors (Lipinski definition) is 2. The Kier molecular flexibility index (Phi) is 3.01. The normalized spacial score (nSPS) is 12.8. The minimum absolute atomic E-state index is 0.0849. The fourth-order valence-corrected chi connectivity index (χ4v) is 1.37. The molecule has 70 valence electrons. The molecule has 1 unspecified atom stereocenters. The summed E-state index contributed by atoms with van der Waals surface area (Å²) in [6.45, 7) is 3.79. The molecular formula is C10H13NO2. The monoisotopic (exact) mass is 179 g/mol. The number of carbonyl (C=O) groups is 1. The van der Waals surface area contributed by atoms with E-state index in [4.69, 9.17) is 5.11 Å². The molecule has 1 aromatic heterocycles. The van der Waals surface area contributed by atoms with E-state index in [1.54, 1.807) is 24.5 Å². The molecule has 0 aliphatic heterocycles. The molecule has 1 N–H and O–H groups in total. The topological polar surface area (TPSA) is 50.2 Å². The first-order valence-electron chi connectivity index (χ1n) is 4.25. The summed E-state index contributed by atoms with van der Waals surface area (Å²) in [6.07, 6.45) is 3.25. The van der Waals surface area contributed by atoms with E-state index >= 15 is 0 Å². The molecule has 1 heterocycles. The second-order valence-corrected chi connectivity index (χ2v) is 3.35. The smallest absolute Gasteiger partial charge is 0.311 e. The molecule has 1 atom stereocenters. The van der Waals surface area contributed by atoms with Crippen molar-refractivity contribution < 1.29 is 9.90 Å². The van der Waals surface area contributed by atoms with Gasteiger partial charge in [0, 0.05) is 12.4 Å². The quantitative estimate of drug-likeness (QED) is 0.771. The van der Waals surface area contributed by atoms with E-state index in [-0.39, 0.29) is 5.92 Å². The van der Waals surface area contributed by atoms with Gasteiger partial charge >= 0.3 is 5.97 Å². The third-order valence-electron chi connectivity index (χ3n) is 1.98. The summed E-state index contributed by atoms with van der Waals surface area (Å²) >= 11 is 0. The third-order valence-corrected chi connectivity index (χ3v) is 1.98. The van der Waals surface area contributed by atoms with Crippen LogP contribution in [0, 0.1) is 5.92 Å². The summed E-state index contributed by atoms with van der Waals surface area (Å²) in [5.74, 6) is -1.15. The van der Waals surface area contributed by atoms with E-state index in [2.05, 4.69) is 4.98 Å². The standard InChI is InChI=1S/C10H13NO2/c1-7(2)9(10(12)13)8-4-3-5-11-6-8/h3-7,9H,1-2H3,(H,12,13). The largest absolute Gasteiger partial charge is 0.481 e. The lowest BCUT2D eigenvalue weighted by Gasteiger charge is -2.15. The van der Waals surface area contributed by atoms with E-state index < -0.39 is 11.9 Å². The minimum Gasteiger partial charge on any atom is -0.481 e. The Labute approximate surface area is 77.4 Å². The number of rotatable bonds is 3. The van der Waals surface area contributed by atoms with Gasteiger partial charge < -0.3 is 5.11 Å². The fraction of sp³-hybridized carbons (Fsp3) is 0.400. The highest BCUT2D eigenvalue weighted by Crippen LogP contribution is 2.23. The number of hydrogen-bond donors (Lipinski definition) is 1. The number of carboxylic acids is 1. The molecule has 0 amide bonds. The van der Waals surface area contributed by atoms with Gasteiger partial charge in [0.05, 0.1) is 5.92 Å². The predicted octanol–water partition coefficient (Wildman–Crippen LogP) is 1.91. The zero-order valence-corrected chi connectivity index (χ0v) is 7.77. The van der Waals surface area contributed by atoms with Crippen LogP contribution in [0.3, 0.4) is 0 Å². The number of carboxylic acid groups (broad SMARTS) is 1. The van der Waals surface area contributed by atoms with Gasteiger partial charge in [-0.3, -0.25) is 9.78 Å². The molecule has 3 nitrogen and oxygen atoms in total. The SMILES string of the molecule is CC(C)C(C(=O)O)c1cccnc1. The lowest BCUT2D eigenvalue weighted by molar-refractivity contribution is -0.139. The summed E-state index contributed by atoms with van der Waals surface area (Å²) in [5.41, 5.74) is 0.769. The zero-order valence-electron chi connectivity index (χ0n) is 7.77. The summed E-state index contributed by atoms with van der Waals surface area (Å²) < 4.78 is 0. The molecule has 13 heavy (non-hydrogen) atoms. The van der Waals surface area contributed by atoms with Crippen molar-refractivity contribution in [2.75, 3.05) is 0 Å². The number of nitrogens with zero attached hydrogens (tertiary/aromatic N) is 1. The first-order chi connectivity index (χ1) is 6.13. The maximum atomic E-state index is 10.9. The first-order valence-corrected chi connectivity index (χ1v) is 4.25. The Morgan fingerprint density at radius 1 is 1.54 bits per heavy atom. The lowest BCUT2D eigenvalue weighted by atomic mass is 9.90. The molecule has 0 radical (unpaired) electrons. The average molecular weight is 179 g/mol. The van der Waals surface area contributed by atoms with Crippen LogP contribution in [0.25, 0.3) is 0 Å². The van der Waals surface area contributed by atoms with Crippen molar-refractivity contribution in [2.45, 2.75) is 19.8 Å². The van der Waals surface area contributed by atoms with E-state index in [0.29, 0.717) is 0 Å². The van der Waals surface area contributed by atoms with Crippen LogP contribution in [0.1, 0.15) is 25.3 Å². The average Bonchev–Trinajstić information content (AvgIpc) is 2.04. The third kappa shape index (κ3) is 2.28. The van der Waals surface area contributed by atoms with Crippen LogP contribution in [0.15, 0.2) is 24.5 Å². The number of aliphatic carboxylic acids is 1. The molecule has 1 rings (SSSR count). The van der Waals surface area contributed by atoms with Crippen LogP contribution < -0.4 is 0 Å². The van der Waals surface area contributed by atoms with Gasteiger partial charge in [0.15, 0.2) is 0 Å². The van der Waals surface area contributed by atoms with E-state index in [9.17, 15) is 4.79 Å². The fourth-order valence-electron chi connectivity index (χ4n) is 1.37. The molecule has 0 aromatic carbocycles. The van der Waals surface area contributed by atoms with E-state index in [0.717, 1.165) is 5.56 Å². The van der Waals surface area contributed by atoms with Gasteiger partial charge in [0.25, 0.3) is 0 Å². The molecule has 0 saturated heterocycles. The van der Waals surface area contributed by atoms with Gasteiger partial charge in [-0.15, -0.1) is 0 Å². The van der Waals surface area contributed by atoms with Gasteiger partial charge in [0.1, 0.15) is 0 Å². The van der Waals surface area contributed by atoms with Crippen molar-refractivity contribution >= 4 is 5.97 Å². The second-order valence-electron chi connectivity index (χ2n) is 3.35. The maximum Gasteiger partial charge on any atom is 0.311 e. The van der Waals surface area contributed by atoms with Crippen molar-refractivity contribution in [3.05, 3.63) is 30.1 Å². The molecule has 0 aliphatic carbocycles. The Hall–Kier alpha value is -1.38. The second kappa shape index (κ2) is 4.03. The Bertz CT molecular complexity index is 282. The summed E-state index contributed by atoms with van der Waals surface area (Å²) in [4.78, 5) is 14.8. The Balaban J connectivity index is 2.96. The molecule has 0 bridgehead atoms. The van der Waals surface area contributed by atoms with Gasteiger partial charge in [-0.05, 0) is 17.5 Å². The van der Waals surface area contributed by atoms with Crippen LogP contribution in [-0.2, 0) is 4.79 Å². The Morgan fingerprint density at radius 3 is 2.62 bits per heavy atom. The van der Waals surface area contributed by atoms with Crippen LogP contribution in [0.4, 0.5) is 0 Å². The highest BCUT2D eigenvalue weighted by atomic mass is 16.4.